The fraction of sp³-hybridized carbons (Fsp3) is 0.250. The molecule has 1 aromatic carbocycles. The topological polar surface area (TPSA) is 53.4 Å². The first-order valence-corrected chi connectivity index (χ1v) is 6.71. The number of carboxylic acids is 1. The van der Waals surface area contributed by atoms with Gasteiger partial charge in [0.2, 0.25) is 0 Å². The molecule has 0 bridgehead atoms. The molecule has 4 heteroatoms. The highest BCUT2D eigenvalue weighted by molar-refractivity contribution is 6.03. The van der Waals surface area contributed by atoms with E-state index in [2.05, 4.69) is 16.5 Å². The van der Waals surface area contributed by atoms with Crippen LogP contribution < -0.4 is 4.90 Å². The standard InChI is InChI=1S/C16H16N2O2/c1-2-9-18(11-7-8-11)15-10-13(16(19)20)12-5-3-4-6-14(12)17-15/h2-6,10-11H,1,7-9H2,(H,19,20). The Hall–Kier alpha value is -2.36. The van der Waals surface area contributed by atoms with E-state index in [1.165, 1.54) is 0 Å². The maximum absolute atomic E-state index is 11.5. The molecule has 1 fully saturated rings. The number of carbonyl (C=O) groups is 1. The van der Waals surface area contributed by atoms with Gasteiger partial charge in [-0.3, -0.25) is 0 Å². The number of fused-ring (bicyclic) bond motifs is 1. The maximum atomic E-state index is 11.5. The second kappa shape index (κ2) is 4.96. The molecular weight excluding hydrogens is 252 g/mol. The van der Waals surface area contributed by atoms with Gasteiger partial charge in [0, 0.05) is 18.0 Å². The molecule has 0 amide bonds. The number of benzene rings is 1. The van der Waals surface area contributed by atoms with Crippen molar-refractivity contribution in [1.29, 1.82) is 0 Å². The van der Waals surface area contributed by atoms with Crippen LogP contribution in [0.25, 0.3) is 10.9 Å². The lowest BCUT2D eigenvalue weighted by atomic mass is 10.1. The van der Waals surface area contributed by atoms with Crippen LogP contribution in [-0.2, 0) is 0 Å². The summed E-state index contributed by atoms with van der Waals surface area (Å²) >= 11 is 0. The average molecular weight is 268 g/mol. The molecule has 0 unspecified atom stereocenters. The molecule has 0 atom stereocenters. The van der Waals surface area contributed by atoms with Crippen LogP contribution in [0, 0.1) is 0 Å². The molecule has 0 radical (unpaired) electrons. The highest BCUT2D eigenvalue weighted by Gasteiger charge is 2.30. The molecule has 20 heavy (non-hydrogen) atoms. The monoisotopic (exact) mass is 268 g/mol. The van der Waals surface area contributed by atoms with Gasteiger partial charge >= 0.3 is 5.97 Å². The second-order valence-corrected chi connectivity index (χ2v) is 5.02. The van der Waals surface area contributed by atoms with E-state index in [1.54, 1.807) is 12.1 Å². The van der Waals surface area contributed by atoms with E-state index in [4.69, 9.17) is 0 Å². The SMILES string of the molecule is C=CCN(c1cc(C(=O)O)c2ccccc2n1)C1CC1. The zero-order valence-electron chi connectivity index (χ0n) is 11.1. The van der Waals surface area contributed by atoms with Crippen LogP contribution in [0.1, 0.15) is 23.2 Å². The summed E-state index contributed by atoms with van der Waals surface area (Å²) in [5, 5.41) is 10.1. The van der Waals surface area contributed by atoms with Gasteiger partial charge in [-0.05, 0) is 25.0 Å². The maximum Gasteiger partial charge on any atom is 0.336 e. The lowest BCUT2D eigenvalue weighted by Gasteiger charge is -2.22. The number of hydrogen-bond acceptors (Lipinski definition) is 3. The number of pyridine rings is 1. The Morgan fingerprint density at radius 2 is 2.20 bits per heavy atom. The van der Waals surface area contributed by atoms with Gasteiger partial charge in [-0.2, -0.15) is 0 Å². The van der Waals surface area contributed by atoms with E-state index in [-0.39, 0.29) is 0 Å². The third-order valence-electron chi connectivity index (χ3n) is 3.54. The van der Waals surface area contributed by atoms with Crippen LogP contribution in [0.5, 0.6) is 0 Å². The molecule has 0 spiro atoms. The average Bonchev–Trinajstić information content (AvgIpc) is 3.28. The van der Waals surface area contributed by atoms with Crippen molar-refractivity contribution in [3.63, 3.8) is 0 Å². The fourth-order valence-corrected chi connectivity index (χ4v) is 2.44. The smallest absolute Gasteiger partial charge is 0.336 e. The summed E-state index contributed by atoms with van der Waals surface area (Å²) in [4.78, 5) is 18.2. The minimum atomic E-state index is -0.917. The van der Waals surface area contributed by atoms with Crippen molar-refractivity contribution in [2.45, 2.75) is 18.9 Å². The van der Waals surface area contributed by atoms with Crippen molar-refractivity contribution in [2.75, 3.05) is 11.4 Å². The molecule has 1 aliphatic rings. The van der Waals surface area contributed by atoms with Gasteiger partial charge in [0.15, 0.2) is 0 Å². The number of aromatic nitrogens is 1. The van der Waals surface area contributed by atoms with E-state index in [1.807, 2.05) is 24.3 Å². The third kappa shape index (κ3) is 2.25. The summed E-state index contributed by atoms with van der Waals surface area (Å²) in [5.41, 5.74) is 1.03. The Bertz CT molecular complexity index is 677. The molecule has 1 saturated carbocycles. The van der Waals surface area contributed by atoms with Crippen molar-refractivity contribution < 1.29 is 9.90 Å². The Labute approximate surface area is 117 Å². The third-order valence-corrected chi connectivity index (χ3v) is 3.54. The van der Waals surface area contributed by atoms with Crippen molar-refractivity contribution in [2.24, 2.45) is 0 Å². The lowest BCUT2D eigenvalue weighted by Crippen LogP contribution is -2.26. The molecular formula is C16H16N2O2. The summed E-state index contributed by atoms with van der Waals surface area (Å²) in [6, 6.07) is 9.49. The summed E-state index contributed by atoms with van der Waals surface area (Å²) in [7, 11) is 0. The molecule has 102 valence electrons. The van der Waals surface area contributed by atoms with E-state index in [0.717, 1.165) is 24.2 Å². The summed E-state index contributed by atoms with van der Waals surface area (Å²) in [5.74, 6) is -0.192. The quantitative estimate of drug-likeness (QED) is 0.847. The Morgan fingerprint density at radius 1 is 1.45 bits per heavy atom. The molecule has 1 heterocycles. The van der Waals surface area contributed by atoms with Crippen LogP contribution in [0.4, 0.5) is 5.82 Å². The highest BCUT2D eigenvalue weighted by atomic mass is 16.4. The van der Waals surface area contributed by atoms with Crippen molar-refractivity contribution in [1.82, 2.24) is 4.98 Å². The number of hydrogen-bond donors (Lipinski definition) is 1. The van der Waals surface area contributed by atoms with Crippen LogP contribution in [0.3, 0.4) is 0 Å². The van der Waals surface area contributed by atoms with Gasteiger partial charge in [0.05, 0.1) is 11.1 Å². The summed E-state index contributed by atoms with van der Waals surface area (Å²) in [6.45, 7) is 4.46. The molecule has 2 aromatic rings. The Balaban J connectivity index is 2.15. The number of aromatic carboxylic acids is 1. The van der Waals surface area contributed by atoms with E-state index < -0.39 is 5.97 Å². The van der Waals surface area contributed by atoms with Crippen LogP contribution in [0.15, 0.2) is 43.0 Å². The first kappa shape index (κ1) is 12.7. The van der Waals surface area contributed by atoms with Gasteiger partial charge in [0.1, 0.15) is 5.82 Å². The largest absolute Gasteiger partial charge is 0.478 e. The van der Waals surface area contributed by atoms with E-state index in [0.29, 0.717) is 23.5 Å². The molecule has 1 aromatic heterocycles. The lowest BCUT2D eigenvalue weighted by molar-refractivity contribution is 0.0699. The zero-order valence-corrected chi connectivity index (χ0v) is 11.1. The number of rotatable bonds is 5. The summed E-state index contributed by atoms with van der Waals surface area (Å²) < 4.78 is 0. The first-order valence-electron chi connectivity index (χ1n) is 6.71. The molecule has 4 nitrogen and oxygen atoms in total. The van der Waals surface area contributed by atoms with E-state index >= 15 is 0 Å². The van der Waals surface area contributed by atoms with Gasteiger partial charge in [-0.1, -0.05) is 24.3 Å². The molecule has 3 rings (SSSR count). The minimum absolute atomic E-state index is 0.306. The zero-order chi connectivity index (χ0) is 14.1. The first-order chi connectivity index (χ1) is 9.70. The number of carboxylic acid groups (broad SMARTS) is 1. The Morgan fingerprint density at radius 3 is 2.85 bits per heavy atom. The van der Waals surface area contributed by atoms with Crippen molar-refractivity contribution >= 4 is 22.7 Å². The normalized spacial score (nSPS) is 14.2. The minimum Gasteiger partial charge on any atom is -0.478 e. The van der Waals surface area contributed by atoms with Crippen molar-refractivity contribution in [3.05, 3.63) is 48.6 Å². The fourth-order valence-electron chi connectivity index (χ4n) is 2.44. The van der Waals surface area contributed by atoms with Gasteiger partial charge in [-0.15, -0.1) is 6.58 Å². The summed E-state index contributed by atoms with van der Waals surface area (Å²) in [6.07, 6.45) is 4.09. The number of nitrogens with zero attached hydrogens (tertiary/aromatic N) is 2. The molecule has 0 saturated heterocycles. The highest BCUT2D eigenvalue weighted by Crippen LogP contribution is 2.32. The second-order valence-electron chi connectivity index (χ2n) is 5.02. The molecule has 0 aliphatic heterocycles. The van der Waals surface area contributed by atoms with Gasteiger partial charge in [0.25, 0.3) is 0 Å². The van der Waals surface area contributed by atoms with Crippen LogP contribution >= 0.6 is 0 Å². The number of para-hydroxylation sites is 1. The predicted molar refractivity (Wildman–Crippen MR) is 79.3 cm³/mol. The van der Waals surface area contributed by atoms with Crippen LogP contribution in [0.2, 0.25) is 0 Å². The Kier molecular flexibility index (Phi) is 3.14. The molecule has 1 aliphatic carbocycles. The van der Waals surface area contributed by atoms with Crippen LogP contribution in [-0.4, -0.2) is 28.6 Å². The van der Waals surface area contributed by atoms with Crippen molar-refractivity contribution in [3.8, 4) is 0 Å². The van der Waals surface area contributed by atoms with Gasteiger partial charge < -0.3 is 10.0 Å². The van der Waals surface area contributed by atoms with Gasteiger partial charge in [-0.25, -0.2) is 9.78 Å². The van der Waals surface area contributed by atoms with E-state index in [9.17, 15) is 9.90 Å². The molecule has 1 N–H and O–H groups in total. The predicted octanol–water partition coefficient (Wildman–Crippen LogP) is 3.09. The number of anilines is 1.